The fourth-order valence-corrected chi connectivity index (χ4v) is 4.57. The highest BCUT2D eigenvalue weighted by atomic mass is 32.2. The Morgan fingerprint density at radius 1 is 1.16 bits per heavy atom. The van der Waals surface area contributed by atoms with Gasteiger partial charge in [-0.15, -0.1) is 0 Å². The van der Waals surface area contributed by atoms with Gasteiger partial charge in [0.05, 0.1) is 5.75 Å². The van der Waals surface area contributed by atoms with Crippen LogP contribution in [0.3, 0.4) is 0 Å². The average molecular weight is 288 g/mol. The number of hydrogen-bond donors (Lipinski definition) is 1. The minimum Gasteiger partial charge on any atom is -0.312 e. The van der Waals surface area contributed by atoms with Crippen LogP contribution in [0, 0.1) is 11.8 Å². The van der Waals surface area contributed by atoms with Gasteiger partial charge in [-0.2, -0.15) is 0 Å². The normalized spacial score (nSPS) is 26.6. The Hall–Kier alpha value is -0.130. The molecule has 1 aliphatic heterocycles. The summed E-state index contributed by atoms with van der Waals surface area (Å²) >= 11 is 0. The molecule has 0 bridgehead atoms. The maximum atomic E-state index is 12.3. The first kappa shape index (κ1) is 15.3. The number of rotatable bonds is 5. The molecule has 1 atom stereocenters. The third-order valence-corrected chi connectivity index (χ3v) is 5.95. The highest BCUT2D eigenvalue weighted by Crippen LogP contribution is 2.32. The molecule has 2 rings (SSSR count). The van der Waals surface area contributed by atoms with E-state index in [-0.39, 0.29) is 5.54 Å². The van der Waals surface area contributed by atoms with Crippen molar-refractivity contribution in [1.29, 1.82) is 0 Å². The molecule has 1 unspecified atom stereocenters. The SMILES string of the molecule is CC(C)(C)NCC1CCCN(S(=O)(=O)CC2CC2)C1. The minimum atomic E-state index is -3.00. The van der Waals surface area contributed by atoms with Crippen LogP contribution >= 0.6 is 0 Å². The smallest absolute Gasteiger partial charge is 0.214 e. The summed E-state index contributed by atoms with van der Waals surface area (Å²) in [7, 11) is -3.00. The summed E-state index contributed by atoms with van der Waals surface area (Å²) in [6.07, 6.45) is 4.34. The Kier molecular flexibility index (Phi) is 4.58. The molecule has 1 heterocycles. The summed E-state index contributed by atoms with van der Waals surface area (Å²) in [5.41, 5.74) is 0.106. The van der Waals surface area contributed by atoms with Crippen molar-refractivity contribution < 1.29 is 8.42 Å². The van der Waals surface area contributed by atoms with Crippen LogP contribution in [-0.4, -0.2) is 43.6 Å². The molecule has 1 N–H and O–H groups in total. The second-order valence-corrected chi connectivity index (χ2v) is 9.23. The van der Waals surface area contributed by atoms with Crippen LogP contribution < -0.4 is 5.32 Å². The van der Waals surface area contributed by atoms with E-state index in [1.165, 1.54) is 0 Å². The third kappa shape index (κ3) is 5.04. The third-order valence-electron chi connectivity index (χ3n) is 3.94. The van der Waals surface area contributed by atoms with E-state index in [1.54, 1.807) is 4.31 Å². The molecule has 0 spiro atoms. The average Bonchev–Trinajstić information content (AvgIpc) is 3.09. The van der Waals surface area contributed by atoms with E-state index < -0.39 is 10.0 Å². The van der Waals surface area contributed by atoms with Gasteiger partial charge in [-0.1, -0.05) is 0 Å². The molecule has 112 valence electrons. The van der Waals surface area contributed by atoms with Gasteiger partial charge >= 0.3 is 0 Å². The maximum absolute atomic E-state index is 12.3. The van der Waals surface area contributed by atoms with Crippen molar-refractivity contribution in [3.63, 3.8) is 0 Å². The molecule has 5 heteroatoms. The fourth-order valence-electron chi connectivity index (χ4n) is 2.58. The Balaban J connectivity index is 1.85. The highest BCUT2D eigenvalue weighted by molar-refractivity contribution is 7.89. The van der Waals surface area contributed by atoms with E-state index >= 15 is 0 Å². The van der Waals surface area contributed by atoms with Crippen LogP contribution in [0.1, 0.15) is 46.5 Å². The van der Waals surface area contributed by atoms with E-state index in [4.69, 9.17) is 0 Å². The van der Waals surface area contributed by atoms with Crippen LogP contribution in [0.5, 0.6) is 0 Å². The first-order chi connectivity index (χ1) is 8.76. The highest BCUT2D eigenvalue weighted by Gasteiger charge is 2.34. The quantitative estimate of drug-likeness (QED) is 0.839. The van der Waals surface area contributed by atoms with Crippen molar-refractivity contribution >= 4 is 10.0 Å². The van der Waals surface area contributed by atoms with E-state index in [0.717, 1.165) is 38.8 Å². The molecule has 0 amide bonds. The Labute approximate surface area is 118 Å². The summed E-state index contributed by atoms with van der Waals surface area (Å²) in [5, 5.41) is 3.50. The fraction of sp³-hybridized carbons (Fsp3) is 1.00. The summed E-state index contributed by atoms with van der Waals surface area (Å²) in [5.74, 6) is 1.28. The summed E-state index contributed by atoms with van der Waals surface area (Å²) in [4.78, 5) is 0. The van der Waals surface area contributed by atoms with E-state index in [1.807, 2.05) is 0 Å². The van der Waals surface area contributed by atoms with Crippen LogP contribution in [0.15, 0.2) is 0 Å². The predicted octanol–water partition coefficient (Wildman–Crippen LogP) is 1.83. The molecule has 0 radical (unpaired) electrons. The van der Waals surface area contributed by atoms with Crippen LogP contribution in [0.2, 0.25) is 0 Å². The summed E-state index contributed by atoms with van der Waals surface area (Å²) < 4.78 is 26.3. The molecule has 4 nitrogen and oxygen atoms in total. The Morgan fingerprint density at radius 2 is 1.84 bits per heavy atom. The lowest BCUT2D eigenvalue weighted by Gasteiger charge is -2.34. The maximum Gasteiger partial charge on any atom is 0.214 e. The number of hydrogen-bond acceptors (Lipinski definition) is 3. The largest absolute Gasteiger partial charge is 0.312 e. The molecular formula is C14H28N2O2S. The van der Waals surface area contributed by atoms with Crippen molar-refractivity contribution in [2.75, 3.05) is 25.4 Å². The monoisotopic (exact) mass is 288 g/mol. The van der Waals surface area contributed by atoms with Crippen molar-refractivity contribution in [3.05, 3.63) is 0 Å². The number of nitrogens with one attached hydrogen (secondary N) is 1. The zero-order valence-electron chi connectivity index (χ0n) is 12.5. The molecular weight excluding hydrogens is 260 g/mol. The van der Waals surface area contributed by atoms with Gasteiger partial charge in [0.15, 0.2) is 0 Å². The second-order valence-electron chi connectivity index (χ2n) is 7.22. The van der Waals surface area contributed by atoms with Gasteiger partial charge in [0.1, 0.15) is 0 Å². The van der Waals surface area contributed by atoms with Crippen LogP contribution in [0.25, 0.3) is 0 Å². The standard InChI is InChI=1S/C14H28N2O2S/c1-14(2,3)15-9-13-5-4-8-16(10-13)19(17,18)11-12-6-7-12/h12-13,15H,4-11H2,1-3H3. The molecule has 0 aromatic carbocycles. The zero-order chi connectivity index (χ0) is 14.1. The Morgan fingerprint density at radius 3 is 2.42 bits per heavy atom. The predicted molar refractivity (Wildman–Crippen MR) is 78.6 cm³/mol. The van der Waals surface area contributed by atoms with Crippen molar-refractivity contribution in [3.8, 4) is 0 Å². The van der Waals surface area contributed by atoms with Gasteiger partial charge in [0, 0.05) is 18.6 Å². The lowest BCUT2D eigenvalue weighted by molar-refractivity contribution is 0.245. The number of nitrogens with zero attached hydrogens (tertiary/aromatic N) is 1. The van der Waals surface area contributed by atoms with Crippen molar-refractivity contribution in [2.24, 2.45) is 11.8 Å². The molecule has 19 heavy (non-hydrogen) atoms. The van der Waals surface area contributed by atoms with Gasteiger partial charge in [-0.05, 0) is 64.8 Å². The van der Waals surface area contributed by atoms with Crippen LogP contribution in [-0.2, 0) is 10.0 Å². The van der Waals surface area contributed by atoms with Gasteiger partial charge in [0.25, 0.3) is 0 Å². The van der Waals surface area contributed by atoms with E-state index in [0.29, 0.717) is 24.1 Å². The van der Waals surface area contributed by atoms with Gasteiger partial charge in [-0.3, -0.25) is 0 Å². The molecule has 2 aliphatic rings. The van der Waals surface area contributed by atoms with Gasteiger partial charge < -0.3 is 5.32 Å². The lowest BCUT2D eigenvalue weighted by atomic mass is 9.98. The molecule has 0 aromatic rings. The van der Waals surface area contributed by atoms with Crippen molar-refractivity contribution in [1.82, 2.24) is 9.62 Å². The molecule has 1 aliphatic carbocycles. The minimum absolute atomic E-state index is 0.106. The molecule has 1 saturated carbocycles. The Bertz CT molecular complexity index is 396. The number of sulfonamides is 1. The topological polar surface area (TPSA) is 49.4 Å². The summed E-state index contributed by atoms with van der Waals surface area (Å²) in [6.45, 7) is 8.80. The number of piperidine rings is 1. The molecule has 0 aromatic heterocycles. The summed E-state index contributed by atoms with van der Waals surface area (Å²) in [6, 6.07) is 0. The lowest BCUT2D eigenvalue weighted by Crippen LogP contribution is -2.46. The van der Waals surface area contributed by atoms with Gasteiger partial charge in [-0.25, -0.2) is 12.7 Å². The molecule has 1 saturated heterocycles. The first-order valence-corrected chi connectivity index (χ1v) is 9.10. The zero-order valence-corrected chi connectivity index (χ0v) is 13.3. The van der Waals surface area contributed by atoms with Crippen molar-refractivity contribution in [2.45, 2.75) is 52.0 Å². The second kappa shape index (κ2) is 5.70. The molecule has 2 fully saturated rings. The van der Waals surface area contributed by atoms with E-state index in [9.17, 15) is 8.42 Å². The van der Waals surface area contributed by atoms with Crippen LogP contribution in [0.4, 0.5) is 0 Å². The van der Waals surface area contributed by atoms with E-state index in [2.05, 4.69) is 26.1 Å². The first-order valence-electron chi connectivity index (χ1n) is 7.49. The van der Waals surface area contributed by atoms with Gasteiger partial charge in [0.2, 0.25) is 10.0 Å².